The minimum Gasteiger partial charge on any atom is -0.480 e. The van der Waals surface area contributed by atoms with Crippen LogP contribution in [0, 0.1) is 0 Å². The molecule has 8 heteroatoms. The number of aliphatic hydroxyl groups is 1. The lowest BCUT2D eigenvalue weighted by Crippen LogP contribution is -2.43. The third-order valence-electron chi connectivity index (χ3n) is 2.46. The van der Waals surface area contributed by atoms with E-state index in [2.05, 4.69) is 16.0 Å². The standard InChI is InChI=1S/C13H17N3O5/c1-8(18)14-9-3-2-4-10(7-9)15-13(21)16-11(5-6-17)12(19)20/h2-4,7,11,17H,5-6H2,1H3,(H,14,18)(H,19,20)(H2,15,16,21). The van der Waals surface area contributed by atoms with E-state index in [-0.39, 0.29) is 18.9 Å². The van der Waals surface area contributed by atoms with Crippen molar-refractivity contribution in [2.24, 2.45) is 0 Å². The Morgan fingerprint density at radius 3 is 2.33 bits per heavy atom. The van der Waals surface area contributed by atoms with E-state index >= 15 is 0 Å². The highest BCUT2D eigenvalue weighted by Crippen LogP contribution is 2.14. The molecule has 0 saturated heterocycles. The van der Waals surface area contributed by atoms with Crippen molar-refractivity contribution in [3.05, 3.63) is 24.3 Å². The number of carboxylic acid groups (broad SMARTS) is 1. The molecular weight excluding hydrogens is 278 g/mol. The minimum atomic E-state index is -1.23. The van der Waals surface area contributed by atoms with Gasteiger partial charge >= 0.3 is 12.0 Å². The van der Waals surface area contributed by atoms with Crippen LogP contribution in [0.1, 0.15) is 13.3 Å². The largest absolute Gasteiger partial charge is 0.480 e. The van der Waals surface area contributed by atoms with E-state index in [0.29, 0.717) is 11.4 Å². The quantitative estimate of drug-likeness (QED) is 0.525. The molecule has 0 bridgehead atoms. The highest BCUT2D eigenvalue weighted by atomic mass is 16.4. The zero-order valence-electron chi connectivity index (χ0n) is 11.4. The first-order valence-corrected chi connectivity index (χ1v) is 6.21. The number of amides is 3. The highest BCUT2D eigenvalue weighted by Gasteiger charge is 2.19. The van der Waals surface area contributed by atoms with Gasteiger partial charge in [-0.25, -0.2) is 9.59 Å². The molecule has 0 aliphatic heterocycles. The first-order valence-electron chi connectivity index (χ1n) is 6.21. The fourth-order valence-corrected chi connectivity index (χ4v) is 1.59. The average molecular weight is 295 g/mol. The van der Waals surface area contributed by atoms with Crippen LogP contribution in [0.3, 0.4) is 0 Å². The van der Waals surface area contributed by atoms with E-state index in [1.807, 2.05) is 0 Å². The third-order valence-corrected chi connectivity index (χ3v) is 2.46. The molecule has 0 heterocycles. The number of anilines is 2. The maximum atomic E-state index is 11.7. The van der Waals surface area contributed by atoms with Gasteiger partial charge in [0.2, 0.25) is 5.91 Å². The van der Waals surface area contributed by atoms with Crippen LogP contribution < -0.4 is 16.0 Å². The molecule has 0 radical (unpaired) electrons. The number of aliphatic hydroxyl groups excluding tert-OH is 1. The topological polar surface area (TPSA) is 128 Å². The number of aliphatic carboxylic acids is 1. The smallest absolute Gasteiger partial charge is 0.326 e. The van der Waals surface area contributed by atoms with Gasteiger partial charge in [0.05, 0.1) is 0 Å². The SMILES string of the molecule is CC(=O)Nc1cccc(NC(=O)NC(CCO)C(=O)O)c1. The number of hydrogen-bond acceptors (Lipinski definition) is 4. The maximum absolute atomic E-state index is 11.7. The van der Waals surface area contributed by atoms with Crippen LogP contribution in [0.2, 0.25) is 0 Å². The number of carboxylic acids is 1. The number of carbonyl (C=O) groups is 3. The molecule has 1 rings (SSSR count). The molecule has 21 heavy (non-hydrogen) atoms. The molecule has 8 nitrogen and oxygen atoms in total. The fraction of sp³-hybridized carbons (Fsp3) is 0.308. The number of urea groups is 1. The Bertz CT molecular complexity index is 532. The van der Waals surface area contributed by atoms with Crippen LogP contribution in [-0.4, -0.2) is 40.8 Å². The van der Waals surface area contributed by atoms with Crippen molar-refractivity contribution >= 4 is 29.3 Å². The number of hydrogen-bond donors (Lipinski definition) is 5. The van der Waals surface area contributed by atoms with E-state index < -0.39 is 18.0 Å². The predicted octanol–water partition coefficient (Wildman–Crippen LogP) is 0.602. The molecule has 5 N–H and O–H groups in total. The van der Waals surface area contributed by atoms with Crippen LogP contribution in [0.5, 0.6) is 0 Å². The number of carbonyl (C=O) groups excluding carboxylic acids is 2. The Balaban J connectivity index is 2.65. The van der Waals surface area contributed by atoms with E-state index in [1.54, 1.807) is 18.2 Å². The van der Waals surface area contributed by atoms with E-state index in [1.165, 1.54) is 13.0 Å². The molecule has 114 valence electrons. The van der Waals surface area contributed by atoms with Gasteiger partial charge in [0, 0.05) is 31.3 Å². The molecule has 0 saturated carbocycles. The molecule has 1 aromatic carbocycles. The number of nitrogens with one attached hydrogen (secondary N) is 3. The van der Waals surface area contributed by atoms with E-state index in [4.69, 9.17) is 10.2 Å². The second kappa shape index (κ2) is 7.85. The zero-order chi connectivity index (χ0) is 15.8. The second-order valence-electron chi connectivity index (χ2n) is 4.26. The fourth-order valence-electron chi connectivity index (χ4n) is 1.59. The van der Waals surface area contributed by atoms with E-state index in [9.17, 15) is 14.4 Å². The van der Waals surface area contributed by atoms with Gasteiger partial charge in [-0.15, -0.1) is 0 Å². The van der Waals surface area contributed by atoms with Gasteiger partial charge in [-0.3, -0.25) is 4.79 Å². The van der Waals surface area contributed by atoms with Crippen LogP contribution in [0.15, 0.2) is 24.3 Å². The molecule has 1 aromatic rings. The first-order chi connectivity index (χ1) is 9.92. The molecule has 0 fully saturated rings. The molecule has 3 amide bonds. The van der Waals surface area contributed by atoms with Gasteiger partial charge in [0.25, 0.3) is 0 Å². The van der Waals surface area contributed by atoms with Crippen molar-refractivity contribution < 1.29 is 24.6 Å². The van der Waals surface area contributed by atoms with Crippen molar-refractivity contribution in [2.75, 3.05) is 17.2 Å². The molecule has 1 unspecified atom stereocenters. The summed E-state index contributed by atoms with van der Waals surface area (Å²) in [6.45, 7) is 1.01. The summed E-state index contributed by atoms with van der Waals surface area (Å²) in [4.78, 5) is 33.5. The lowest BCUT2D eigenvalue weighted by atomic mass is 10.2. The van der Waals surface area contributed by atoms with Crippen molar-refractivity contribution in [3.8, 4) is 0 Å². The zero-order valence-corrected chi connectivity index (χ0v) is 11.4. The lowest BCUT2D eigenvalue weighted by Gasteiger charge is -2.14. The van der Waals surface area contributed by atoms with Gasteiger partial charge in [0.15, 0.2) is 0 Å². The normalized spacial score (nSPS) is 11.3. The summed E-state index contributed by atoms with van der Waals surface area (Å²) in [7, 11) is 0. The summed E-state index contributed by atoms with van der Waals surface area (Å²) < 4.78 is 0. The Hall–Kier alpha value is -2.61. The van der Waals surface area contributed by atoms with Crippen LogP contribution in [0.4, 0.5) is 16.2 Å². The van der Waals surface area contributed by atoms with Crippen molar-refractivity contribution in [1.29, 1.82) is 0 Å². The van der Waals surface area contributed by atoms with E-state index in [0.717, 1.165) is 0 Å². The minimum absolute atomic E-state index is 0.0886. The summed E-state index contributed by atoms with van der Waals surface area (Å²) in [6.07, 6.45) is -0.0886. The van der Waals surface area contributed by atoms with Crippen LogP contribution in [0.25, 0.3) is 0 Å². The summed E-state index contributed by atoms with van der Waals surface area (Å²) in [6, 6.07) is 4.51. The third kappa shape index (κ3) is 5.91. The molecule has 0 aromatic heterocycles. The Morgan fingerprint density at radius 2 is 1.81 bits per heavy atom. The van der Waals surface area contributed by atoms with Crippen molar-refractivity contribution in [3.63, 3.8) is 0 Å². The monoisotopic (exact) mass is 295 g/mol. The first kappa shape index (κ1) is 16.4. The molecule has 1 atom stereocenters. The van der Waals surface area contributed by atoms with Gasteiger partial charge in [-0.2, -0.15) is 0 Å². The molecular formula is C13H17N3O5. The van der Waals surface area contributed by atoms with Gasteiger partial charge in [0.1, 0.15) is 6.04 Å². The molecule has 0 spiro atoms. The van der Waals surface area contributed by atoms with Crippen LogP contribution in [-0.2, 0) is 9.59 Å². The Morgan fingerprint density at radius 1 is 1.19 bits per heavy atom. The highest BCUT2D eigenvalue weighted by molar-refractivity contribution is 5.94. The number of rotatable bonds is 6. The molecule has 0 aliphatic carbocycles. The lowest BCUT2D eigenvalue weighted by molar-refractivity contribution is -0.139. The second-order valence-corrected chi connectivity index (χ2v) is 4.26. The summed E-state index contributed by atoms with van der Waals surface area (Å²) >= 11 is 0. The van der Waals surface area contributed by atoms with Gasteiger partial charge in [-0.1, -0.05) is 6.07 Å². The number of benzene rings is 1. The molecule has 0 aliphatic rings. The Kier molecular flexibility index (Phi) is 6.15. The summed E-state index contributed by atoms with van der Waals surface area (Å²) in [5.41, 5.74) is 0.900. The van der Waals surface area contributed by atoms with Crippen molar-refractivity contribution in [1.82, 2.24) is 5.32 Å². The average Bonchev–Trinajstić information content (AvgIpc) is 2.37. The maximum Gasteiger partial charge on any atom is 0.326 e. The van der Waals surface area contributed by atoms with Gasteiger partial charge in [-0.05, 0) is 18.2 Å². The summed E-state index contributed by atoms with van der Waals surface area (Å²) in [5.74, 6) is -1.48. The predicted molar refractivity (Wildman–Crippen MR) is 76.0 cm³/mol. The van der Waals surface area contributed by atoms with Gasteiger partial charge < -0.3 is 26.2 Å². The van der Waals surface area contributed by atoms with Crippen LogP contribution >= 0.6 is 0 Å². The van der Waals surface area contributed by atoms with Crippen molar-refractivity contribution in [2.45, 2.75) is 19.4 Å². The summed E-state index contributed by atoms with van der Waals surface area (Å²) in [5, 5.41) is 24.8. The Labute approximate surface area is 121 Å².